The van der Waals surface area contributed by atoms with Gasteiger partial charge in [0, 0.05) is 12.2 Å². The van der Waals surface area contributed by atoms with Gasteiger partial charge in [0.1, 0.15) is 5.82 Å². The van der Waals surface area contributed by atoms with Crippen molar-refractivity contribution < 1.29 is 26.4 Å². The molecule has 6 nitrogen and oxygen atoms in total. The van der Waals surface area contributed by atoms with E-state index in [1.54, 1.807) is 0 Å². The molecule has 0 aliphatic carbocycles. The van der Waals surface area contributed by atoms with Crippen LogP contribution in [0, 0.1) is 0 Å². The van der Waals surface area contributed by atoms with Crippen molar-refractivity contribution in [1.82, 2.24) is 4.98 Å². The Morgan fingerprint density at radius 1 is 1.15 bits per heavy atom. The summed E-state index contributed by atoms with van der Waals surface area (Å²) in [5.74, 6) is -0.201. The Morgan fingerprint density at radius 3 is 2.48 bits per heavy atom. The minimum Gasteiger partial charge on any atom is -0.366 e. The third-order valence-electron chi connectivity index (χ3n) is 4.09. The van der Waals surface area contributed by atoms with Gasteiger partial charge in [0.05, 0.1) is 28.3 Å². The molecule has 1 aliphatic rings. The highest BCUT2D eigenvalue weighted by molar-refractivity contribution is 7.91. The van der Waals surface area contributed by atoms with Crippen LogP contribution in [-0.4, -0.2) is 36.9 Å². The van der Waals surface area contributed by atoms with E-state index in [1.165, 1.54) is 36.5 Å². The van der Waals surface area contributed by atoms with Gasteiger partial charge in [0.2, 0.25) is 0 Å². The Hall–Kier alpha value is -2.62. The summed E-state index contributed by atoms with van der Waals surface area (Å²) in [4.78, 5) is 16.3. The van der Waals surface area contributed by atoms with Crippen LogP contribution in [0.1, 0.15) is 22.3 Å². The van der Waals surface area contributed by atoms with Crippen LogP contribution < -0.4 is 10.6 Å². The fourth-order valence-electron chi connectivity index (χ4n) is 2.77. The molecule has 144 valence electrons. The van der Waals surface area contributed by atoms with Crippen LogP contribution in [-0.2, 0) is 16.0 Å². The van der Waals surface area contributed by atoms with E-state index >= 15 is 0 Å². The molecule has 1 aliphatic heterocycles. The highest BCUT2D eigenvalue weighted by Crippen LogP contribution is 2.34. The topological polar surface area (TPSA) is 88.2 Å². The van der Waals surface area contributed by atoms with Gasteiger partial charge in [-0.05, 0) is 30.7 Å². The van der Waals surface area contributed by atoms with Gasteiger partial charge in [0.15, 0.2) is 9.84 Å². The summed E-state index contributed by atoms with van der Waals surface area (Å²) in [6.07, 6.45) is -2.89. The van der Waals surface area contributed by atoms with Crippen LogP contribution in [0.5, 0.6) is 0 Å². The number of nitrogens with one attached hydrogen (secondary N) is 2. The van der Waals surface area contributed by atoms with E-state index in [4.69, 9.17) is 0 Å². The van der Waals surface area contributed by atoms with Crippen molar-refractivity contribution in [1.29, 1.82) is 0 Å². The van der Waals surface area contributed by atoms with E-state index < -0.39 is 27.5 Å². The van der Waals surface area contributed by atoms with Crippen molar-refractivity contribution in [3.63, 3.8) is 0 Å². The molecule has 1 unspecified atom stereocenters. The molecule has 0 spiro atoms. The summed E-state index contributed by atoms with van der Waals surface area (Å²) in [7, 11) is -3.03. The summed E-state index contributed by atoms with van der Waals surface area (Å²) in [6, 6.07) is 7.33. The first-order chi connectivity index (χ1) is 12.6. The second kappa shape index (κ2) is 7.18. The van der Waals surface area contributed by atoms with Crippen molar-refractivity contribution in [3.05, 3.63) is 53.7 Å². The third kappa shape index (κ3) is 4.76. The molecule has 0 saturated carbocycles. The molecule has 1 saturated heterocycles. The molecule has 2 N–H and O–H groups in total. The molecule has 2 aromatic rings. The molecule has 1 aromatic carbocycles. The second-order valence-corrected chi connectivity index (χ2v) is 8.40. The largest absolute Gasteiger partial charge is 0.418 e. The van der Waals surface area contributed by atoms with Crippen LogP contribution >= 0.6 is 0 Å². The van der Waals surface area contributed by atoms with Crippen molar-refractivity contribution in [2.75, 3.05) is 22.1 Å². The number of amides is 1. The average molecular weight is 399 g/mol. The number of alkyl halides is 3. The summed E-state index contributed by atoms with van der Waals surface area (Å²) in [5.41, 5.74) is -1.20. The maximum Gasteiger partial charge on any atom is 0.418 e. The standard InChI is InChI=1S/C17H16F3N3O3S/c18-17(19,20)13-3-1-2-4-14(13)23-16(24)11-5-6-15(21-9-11)22-12-7-8-27(25,26)10-12/h1-6,9,12H,7-8,10H2,(H,21,22)(H,23,24). The molecule has 0 bridgehead atoms. The lowest BCUT2D eigenvalue weighted by atomic mass is 10.1. The number of hydrogen-bond donors (Lipinski definition) is 2. The van der Waals surface area contributed by atoms with Gasteiger partial charge in [-0.25, -0.2) is 13.4 Å². The molecule has 1 fully saturated rings. The summed E-state index contributed by atoms with van der Waals surface area (Å²) in [6.45, 7) is 0. The first kappa shape index (κ1) is 19.2. The van der Waals surface area contributed by atoms with Crippen molar-refractivity contribution in [2.24, 2.45) is 0 Å². The number of benzene rings is 1. The SMILES string of the molecule is O=C(Nc1ccccc1C(F)(F)F)c1ccc(NC2CCS(=O)(=O)C2)nc1. The Balaban J connectivity index is 1.68. The number of pyridine rings is 1. The molecule has 2 heterocycles. The Bertz CT molecular complexity index is 944. The fraction of sp³-hybridized carbons (Fsp3) is 0.294. The monoisotopic (exact) mass is 399 g/mol. The predicted molar refractivity (Wildman–Crippen MR) is 94.3 cm³/mol. The number of carbonyl (C=O) groups is 1. The van der Waals surface area contributed by atoms with Crippen LogP contribution in [0.25, 0.3) is 0 Å². The third-order valence-corrected chi connectivity index (χ3v) is 5.86. The quantitative estimate of drug-likeness (QED) is 0.825. The van der Waals surface area contributed by atoms with Gasteiger partial charge in [0.25, 0.3) is 5.91 Å². The molecule has 10 heteroatoms. The molecule has 1 amide bonds. The number of para-hydroxylation sites is 1. The van der Waals surface area contributed by atoms with Gasteiger partial charge in [-0.3, -0.25) is 4.79 Å². The van der Waals surface area contributed by atoms with E-state index in [0.29, 0.717) is 12.2 Å². The normalized spacial score (nSPS) is 18.9. The molecule has 27 heavy (non-hydrogen) atoms. The van der Waals surface area contributed by atoms with Crippen LogP contribution in [0.15, 0.2) is 42.6 Å². The minimum absolute atomic E-state index is 0.0190. The fourth-order valence-corrected chi connectivity index (χ4v) is 4.44. The predicted octanol–water partition coefficient (Wildman–Crippen LogP) is 2.95. The number of rotatable bonds is 4. The maximum absolute atomic E-state index is 13.0. The van der Waals surface area contributed by atoms with Gasteiger partial charge < -0.3 is 10.6 Å². The molecule has 1 atom stereocenters. The van der Waals surface area contributed by atoms with Crippen molar-refractivity contribution in [3.8, 4) is 0 Å². The van der Waals surface area contributed by atoms with Gasteiger partial charge in [-0.1, -0.05) is 12.1 Å². The number of halogens is 3. The van der Waals surface area contributed by atoms with E-state index in [1.807, 2.05) is 0 Å². The molecular weight excluding hydrogens is 383 g/mol. The Kier molecular flexibility index (Phi) is 5.09. The van der Waals surface area contributed by atoms with Gasteiger partial charge >= 0.3 is 6.18 Å². The number of hydrogen-bond acceptors (Lipinski definition) is 5. The maximum atomic E-state index is 13.0. The lowest BCUT2D eigenvalue weighted by Gasteiger charge is -2.14. The number of carbonyl (C=O) groups excluding carboxylic acids is 1. The second-order valence-electron chi connectivity index (χ2n) is 6.17. The van der Waals surface area contributed by atoms with Crippen LogP contribution in [0.4, 0.5) is 24.7 Å². The zero-order valence-electron chi connectivity index (χ0n) is 14.0. The lowest BCUT2D eigenvalue weighted by molar-refractivity contribution is -0.136. The summed E-state index contributed by atoms with van der Waals surface area (Å²) in [5, 5.41) is 5.21. The van der Waals surface area contributed by atoms with Crippen LogP contribution in [0.2, 0.25) is 0 Å². The molecule has 3 rings (SSSR count). The highest BCUT2D eigenvalue weighted by Gasteiger charge is 2.33. The number of aromatic nitrogens is 1. The zero-order valence-corrected chi connectivity index (χ0v) is 14.8. The minimum atomic E-state index is -4.59. The van der Waals surface area contributed by atoms with Crippen LogP contribution in [0.3, 0.4) is 0 Å². The smallest absolute Gasteiger partial charge is 0.366 e. The van der Waals surface area contributed by atoms with Gasteiger partial charge in [-0.2, -0.15) is 13.2 Å². The summed E-state index contributed by atoms with van der Waals surface area (Å²) >= 11 is 0. The highest BCUT2D eigenvalue weighted by atomic mass is 32.2. The number of sulfone groups is 1. The Morgan fingerprint density at radius 2 is 1.89 bits per heavy atom. The van der Waals surface area contributed by atoms with E-state index in [2.05, 4.69) is 15.6 Å². The molecule has 0 radical (unpaired) electrons. The molecular formula is C17H16F3N3O3S. The summed E-state index contributed by atoms with van der Waals surface area (Å²) < 4.78 is 61.9. The molecule has 1 aromatic heterocycles. The first-order valence-corrected chi connectivity index (χ1v) is 9.87. The number of nitrogens with zero attached hydrogens (tertiary/aromatic N) is 1. The zero-order chi connectivity index (χ0) is 19.7. The van der Waals surface area contributed by atoms with Crippen molar-refractivity contribution in [2.45, 2.75) is 18.6 Å². The van der Waals surface area contributed by atoms with E-state index in [0.717, 1.165) is 6.07 Å². The lowest BCUT2D eigenvalue weighted by Crippen LogP contribution is -2.21. The van der Waals surface area contributed by atoms with Crippen molar-refractivity contribution >= 4 is 27.2 Å². The van der Waals surface area contributed by atoms with E-state index in [9.17, 15) is 26.4 Å². The van der Waals surface area contributed by atoms with E-state index in [-0.39, 0.29) is 28.8 Å². The average Bonchev–Trinajstić information content (AvgIpc) is 2.93. The first-order valence-electron chi connectivity index (χ1n) is 8.05. The van der Waals surface area contributed by atoms with Gasteiger partial charge in [-0.15, -0.1) is 0 Å². The number of anilines is 2. The Labute approximate surface area is 153 Å².